The summed E-state index contributed by atoms with van der Waals surface area (Å²) in [6.45, 7) is 0.765. The highest BCUT2D eigenvalue weighted by molar-refractivity contribution is 5.62. The van der Waals surface area contributed by atoms with E-state index in [1.807, 2.05) is 12.1 Å². The van der Waals surface area contributed by atoms with Crippen LogP contribution in [0.1, 0.15) is 11.4 Å². The van der Waals surface area contributed by atoms with Gasteiger partial charge in [0.15, 0.2) is 0 Å². The van der Waals surface area contributed by atoms with Crippen LogP contribution in [0, 0.1) is 11.3 Å². The number of nitriles is 1. The van der Waals surface area contributed by atoms with Gasteiger partial charge in [0.25, 0.3) is 0 Å². The molecule has 0 aliphatic carbocycles. The van der Waals surface area contributed by atoms with Crippen molar-refractivity contribution < 1.29 is 4.74 Å². The highest BCUT2D eigenvalue weighted by Gasteiger charge is 2.13. The second-order valence-electron chi connectivity index (χ2n) is 4.00. The molecular weight excluding hydrogens is 214 g/mol. The number of aromatic nitrogens is 2. The minimum Gasteiger partial charge on any atom is -0.493 e. The van der Waals surface area contributed by atoms with Crippen LogP contribution in [0.4, 0.5) is 0 Å². The van der Waals surface area contributed by atoms with Crippen molar-refractivity contribution in [3.8, 4) is 23.1 Å². The summed E-state index contributed by atoms with van der Waals surface area (Å²) in [5.41, 5.74) is 3.27. The molecule has 0 atom stereocenters. The summed E-state index contributed by atoms with van der Waals surface area (Å²) in [7, 11) is 0. The van der Waals surface area contributed by atoms with Crippen LogP contribution in [-0.2, 0) is 12.8 Å². The molecule has 1 aromatic carbocycles. The van der Waals surface area contributed by atoms with Gasteiger partial charge in [0, 0.05) is 12.0 Å². The average Bonchev–Trinajstić information content (AvgIpc) is 2.96. The fourth-order valence-corrected chi connectivity index (χ4v) is 2.03. The SMILES string of the molecule is N#CCc1ncc(-c2ccc3c(c2)CCO3)[nH]1. The van der Waals surface area contributed by atoms with Gasteiger partial charge >= 0.3 is 0 Å². The molecule has 0 saturated carbocycles. The van der Waals surface area contributed by atoms with Gasteiger partial charge in [0.1, 0.15) is 11.6 Å². The summed E-state index contributed by atoms with van der Waals surface area (Å²) < 4.78 is 5.46. The van der Waals surface area contributed by atoms with Crippen LogP contribution >= 0.6 is 0 Å². The van der Waals surface area contributed by atoms with E-state index in [0.717, 1.165) is 30.0 Å². The van der Waals surface area contributed by atoms with Crippen LogP contribution in [0.25, 0.3) is 11.3 Å². The molecule has 4 heteroatoms. The van der Waals surface area contributed by atoms with E-state index in [0.29, 0.717) is 12.2 Å². The van der Waals surface area contributed by atoms with Crippen LogP contribution in [-0.4, -0.2) is 16.6 Å². The van der Waals surface area contributed by atoms with Crippen molar-refractivity contribution in [1.82, 2.24) is 9.97 Å². The first-order chi connectivity index (χ1) is 8.36. The molecule has 1 aromatic heterocycles. The number of H-pyrrole nitrogens is 1. The molecule has 3 rings (SSSR count). The Morgan fingerprint density at radius 1 is 1.47 bits per heavy atom. The largest absolute Gasteiger partial charge is 0.493 e. The van der Waals surface area contributed by atoms with Crippen LogP contribution in [0.3, 0.4) is 0 Å². The van der Waals surface area contributed by atoms with E-state index < -0.39 is 0 Å². The van der Waals surface area contributed by atoms with E-state index in [1.54, 1.807) is 6.20 Å². The van der Waals surface area contributed by atoms with E-state index in [4.69, 9.17) is 10.00 Å². The van der Waals surface area contributed by atoms with Crippen molar-refractivity contribution >= 4 is 0 Å². The van der Waals surface area contributed by atoms with E-state index in [9.17, 15) is 0 Å². The zero-order valence-corrected chi connectivity index (χ0v) is 9.23. The highest BCUT2D eigenvalue weighted by atomic mass is 16.5. The number of imidazole rings is 1. The summed E-state index contributed by atoms with van der Waals surface area (Å²) >= 11 is 0. The van der Waals surface area contributed by atoms with Gasteiger partial charge in [-0.15, -0.1) is 0 Å². The molecule has 0 amide bonds. The zero-order valence-electron chi connectivity index (χ0n) is 9.23. The fourth-order valence-electron chi connectivity index (χ4n) is 2.03. The van der Waals surface area contributed by atoms with Crippen molar-refractivity contribution in [2.24, 2.45) is 0 Å². The molecule has 2 aromatic rings. The van der Waals surface area contributed by atoms with Gasteiger partial charge in [0.05, 0.1) is 31.0 Å². The quantitative estimate of drug-likeness (QED) is 0.851. The Labute approximate surface area is 98.9 Å². The molecule has 1 aliphatic rings. The first kappa shape index (κ1) is 9.91. The summed E-state index contributed by atoms with van der Waals surface area (Å²) in [6, 6.07) is 8.19. The fraction of sp³-hybridized carbons (Fsp3) is 0.231. The molecule has 0 radical (unpaired) electrons. The van der Waals surface area contributed by atoms with Crippen LogP contribution in [0.5, 0.6) is 5.75 Å². The predicted octanol–water partition coefficient (Wildman–Crippen LogP) is 2.08. The Kier molecular flexibility index (Phi) is 2.30. The molecule has 84 valence electrons. The topological polar surface area (TPSA) is 61.7 Å². The number of hydrogen-bond donors (Lipinski definition) is 1. The first-order valence-electron chi connectivity index (χ1n) is 5.54. The minimum absolute atomic E-state index is 0.314. The lowest BCUT2D eigenvalue weighted by Gasteiger charge is -2.01. The Bertz CT molecular complexity index is 595. The Balaban J connectivity index is 1.95. The lowest BCUT2D eigenvalue weighted by Crippen LogP contribution is -1.85. The number of aromatic amines is 1. The maximum atomic E-state index is 8.60. The molecule has 1 aliphatic heterocycles. The minimum atomic E-state index is 0.314. The lowest BCUT2D eigenvalue weighted by molar-refractivity contribution is 0.357. The maximum Gasteiger partial charge on any atom is 0.122 e. The van der Waals surface area contributed by atoms with Crippen LogP contribution in [0.2, 0.25) is 0 Å². The Hall–Kier alpha value is -2.28. The third kappa shape index (κ3) is 1.76. The summed E-state index contributed by atoms with van der Waals surface area (Å²) in [6.07, 6.45) is 3.04. The highest BCUT2D eigenvalue weighted by Crippen LogP contribution is 2.29. The van der Waals surface area contributed by atoms with Gasteiger partial charge in [0.2, 0.25) is 0 Å². The first-order valence-corrected chi connectivity index (χ1v) is 5.54. The molecule has 0 fully saturated rings. The van der Waals surface area contributed by atoms with Gasteiger partial charge in [-0.1, -0.05) is 0 Å². The van der Waals surface area contributed by atoms with E-state index in [1.165, 1.54) is 5.56 Å². The van der Waals surface area contributed by atoms with Gasteiger partial charge in [-0.3, -0.25) is 0 Å². The monoisotopic (exact) mass is 225 g/mol. The number of ether oxygens (including phenoxy) is 1. The zero-order chi connectivity index (χ0) is 11.7. The third-order valence-corrected chi connectivity index (χ3v) is 2.88. The molecule has 1 N–H and O–H groups in total. The van der Waals surface area contributed by atoms with Crippen LogP contribution < -0.4 is 4.74 Å². The summed E-state index contributed by atoms with van der Waals surface area (Å²) in [5, 5.41) is 8.60. The summed E-state index contributed by atoms with van der Waals surface area (Å²) in [5.74, 6) is 1.68. The normalized spacial score (nSPS) is 12.9. The smallest absolute Gasteiger partial charge is 0.122 e. The number of nitrogens with one attached hydrogen (secondary N) is 1. The van der Waals surface area contributed by atoms with Gasteiger partial charge in [-0.25, -0.2) is 4.98 Å². The van der Waals surface area contributed by atoms with Crippen LogP contribution in [0.15, 0.2) is 24.4 Å². The molecule has 17 heavy (non-hydrogen) atoms. The van der Waals surface area contributed by atoms with Gasteiger partial charge in [-0.2, -0.15) is 5.26 Å². The van der Waals surface area contributed by atoms with E-state index in [2.05, 4.69) is 22.1 Å². The predicted molar refractivity (Wildman–Crippen MR) is 62.5 cm³/mol. The Morgan fingerprint density at radius 3 is 3.29 bits per heavy atom. The summed E-state index contributed by atoms with van der Waals surface area (Å²) in [4.78, 5) is 7.31. The Morgan fingerprint density at radius 2 is 2.41 bits per heavy atom. The number of nitrogens with zero attached hydrogens (tertiary/aromatic N) is 2. The van der Waals surface area contributed by atoms with Gasteiger partial charge in [-0.05, 0) is 23.8 Å². The molecule has 0 saturated heterocycles. The second kappa shape index (κ2) is 3.95. The standard InChI is InChI=1S/C13H11N3O/c14-5-3-13-15-8-11(16-13)9-1-2-12-10(7-9)4-6-17-12/h1-2,7-8H,3-4,6H2,(H,15,16). The molecular formula is C13H11N3O. The molecule has 0 spiro atoms. The molecule has 4 nitrogen and oxygen atoms in total. The number of fused-ring (bicyclic) bond motifs is 1. The number of rotatable bonds is 2. The number of hydrogen-bond acceptors (Lipinski definition) is 3. The maximum absolute atomic E-state index is 8.60. The van der Waals surface area contributed by atoms with E-state index >= 15 is 0 Å². The van der Waals surface area contributed by atoms with Crippen molar-refractivity contribution in [2.45, 2.75) is 12.8 Å². The molecule has 0 unspecified atom stereocenters. The van der Waals surface area contributed by atoms with Crippen molar-refractivity contribution in [3.05, 3.63) is 35.8 Å². The average molecular weight is 225 g/mol. The lowest BCUT2D eigenvalue weighted by atomic mass is 10.1. The molecule has 0 bridgehead atoms. The molecule has 2 heterocycles. The third-order valence-electron chi connectivity index (χ3n) is 2.88. The van der Waals surface area contributed by atoms with Crippen molar-refractivity contribution in [2.75, 3.05) is 6.61 Å². The van der Waals surface area contributed by atoms with Gasteiger partial charge < -0.3 is 9.72 Å². The van der Waals surface area contributed by atoms with Crippen molar-refractivity contribution in [1.29, 1.82) is 5.26 Å². The number of benzene rings is 1. The van der Waals surface area contributed by atoms with E-state index in [-0.39, 0.29) is 0 Å². The van der Waals surface area contributed by atoms with Crippen molar-refractivity contribution in [3.63, 3.8) is 0 Å². The second-order valence-corrected chi connectivity index (χ2v) is 4.00.